The maximum atomic E-state index is 13.8. The minimum Gasteiger partial charge on any atom is -0.391 e. The third kappa shape index (κ3) is 4.00. The second-order valence-corrected chi connectivity index (χ2v) is 7.71. The van der Waals surface area contributed by atoms with Gasteiger partial charge < -0.3 is 15.3 Å². The number of carbonyl (C=O) groups excluding carboxylic acids is 2. The third-order valence-corrected chi connectivity index (χ3v) is 5.53. The van der Waals surface area contributed by atoms with Crippen LogP contribution in [0.15, 0.2) is 18.2 Å². The number of aliphatic hydroxyl groups is 1. The van der Waals surface area contributed by atoms with E-state index in [9.17, 15) is 19.1 Å². The fourth-order valence-corrected chi connectivity index (χ4v) is 4.11. The number of rotatable bonds is 3. The molecule has 2 heterocycles. The quantitative estimate of drug-likeness (QED) is 0.833. The number of benzene rings is 1. The summed E-state index contributed by atoms with van der Waals surface area (Å²) in [6, 6.07) is 4.10. The zero-order chi connectivity index (χ0) is 18.9. The van der Waals surface area contributed by atoms with Crippen molar-refractivity contribution in [1.29, 1.82) is 0 Å². The van der Waals surface area contributed by atoms with Crippen LogP contribution in [0.5, 0.6) is 0 Å². The van der Waals surface area contributed by atoms with Gasteiger partial charge in [-0.15, -0.1) is 0 Å². The smallest absolute Gasteiger partial charge is 0.238 e. The molecule has 2 aliphatic rings. The van der Waals surface area contributed by atoms with Gasteiger partial charge in [0.15, 0.2) is 0 Å². The van der Waals surface area contributed by atoms with Gasteiger partial charge in [0.1, 0.15) is 5.82 Å². The molecule has 0 bridgehead atoms. The molecule has 0 aliphatic carbocycles. The molecular formula is C18H23ClFN3O3. The highest BCUT2D eigenvalue weighted by Crippen LogP contribution is 2.40. The average Bonchev–Trinajstić information content (AvgIpc) is 2.57. The molecule has 2 fully saturated rings. The van der Waals surface area contributed by atoms with Crippen molar-refractivity contribution >= 4 is 29.1 Å². The Morgan fingerprint density at radius 3 is 2.77 bits per heavy atom. The van der Waals surface area contributed by atoms with Crippen LogP contribution in [0.4, 0.5) is 10.1 Å². The number of nitrogens with zero attached hydrogens (tertiary/aromatic N) is 2. The molecule has 6 nitrogen and oxygen atoms in total. The lowest BCUT2D eigenvalue weighted by Gasteiger charge is -2.46. The van der Waals surface area contributed by atoms with Crippen LogP contribution in [0.3, 0.4) is 0 Å². The van der Waals surface area contributed by atoms with Gasteiger partial charge in [0, 0.05) is 18.6 Å². The molecule has 2 amide bonds. The molecule has 8 heteroatoms. The molecule has 1 spiro atoms. The van der Waals surface area contributed by atoms with Crippen molar-refractivity contribution < 1.29 is 19.1 Å². The molecule has 1 unspecified atom stereocenters. The van der Waals surface area contributed by atoms with Crippen LogP contribution < -0.4 is 5.32 Å². The van der Waals surface area contributed by atoms with E-state index in [1.165, 1.54) is 12.1 Å². The molecule has 2 saturated heterocycles. The number of β-amino-alcohol motifs (C(OH)–C–C–N with tert-alkyl or cyclic N) is 1. The SMILES string of the molecule is CN1CC(O)CC2(CCN(CC(=O)Nc3ccc(Cl)cc3F)CC2)C1=O. The summed E-state index contributed by atoms with van der Waals surface area (Å²) in [6.07, 6.45) is 1.19. The van der Waals surface area contributed by atoms with Crippen LogP contribution in [0.1, 0.15) is 19.3 Å². The number of amides is 2. The molecule has 1 aromatic rings. The number of aliphatic hydroxyl groups excluding tert-OH is 1. The van der Waals surface area contributed by atoms with Gasteiger partial charge in [0.25, 0.3) is 0 Å². The molecule has 0 aromatic heterocycles. The van der Waals surface area contributed by atoms with E-state index in [-0.39, 0.29) is 29.1 Å². The molecule has 2 N–H and O–H groups in total. The minimum atomic E-state index is -0.576. The van der Waals surface area contributed by atoms with Crippen molar-refractivity contribution in [2.45, 2.75) is 25.4 Å². The highest BCUT2D eigenvalue weighted by Gasteiger charge is 2.47. The summed E-state index contributed by atoms with van der Waals surface area (Å²) in [5.74, 6) is -0.808. The first-order valence-corrected chi connectivity index (χ1v) is 9.08. The van der Waals surface area contributed by atoms with Gasteiger partial charge in [-0.1, -0.05) is 11.6 Å². The van der Waals surface area contributed by atoms with Crippen molar-refractivity contribution in [2.24, 2.45) is 5.41 Å². The summed E-state index contributed by atoms with van der Waals surface area (Å²) in [5, 5.41) is 12.8. The van der Waals surface area contributed by atoms with E-state index in [0.717, 1.165) is 6.07 Å². The molecule has 142 valence electrons. The number of carbonyl (C=O) groups is 2. The monoisotopic (exact) mass is 383 g/mol. The van der Waals surface area contributed by atoms with E-state index in [2.05, 4.69) is 5.32 Å². The molecule has 1 aromatic carbocycles. The normalized spacial score (nSPS) is 23.3. The lowest BCUT2D eigenvalue weighted by Crippen LogP contribution is -2.56. The third-order valence-electron chi connectivity index (χ3n) is 5.30. The summed E-state index contributed by atoms with van der Waals surface area (Å²) < 4.78 is 13.8. The van der Waals surface area contributed by atoms with Crippen LogP contribution in [0.2, 0.25) is 5.02 Å². The van der Waals surface area contributed by atoms with Gasteiger partial charge in [-0.25, -0.2) is 4.39 Å². The second-order valence-electron chi connectivity index (χ2n) is 7.27. The van der Waals surface area contributed by atoms with Gasteiger partial charge in [-0.05, 0) is 50.6 Å². The second kappa shape index (κ2) is 7.50. The van der Waals surface area contributed by atoms with E-state index in [4.69, 9.17) is 11.6 Å². The number of anilines is 1. The number of likely N-dealkylation sites (N-methyl/N-ethyl adjacent to an activating group) is 1. The highest BCUT2D eigenvalue weighted by atomic mass is 35.5. The number of likely N-dealkylation sites (tertiary alicyclic amines) is 2. The maximum Gasteiger partial charge on any atom is 0.238 e. The highest BCUT2D eigenvalue weighted by molar-refractivity contribution is 6.30. The van der Waals surface area contributed by atoms with Crippen molar-refractivity contribution in [3.63, 3.8) is 0 Å². The Bertz CT molecular complexity index is 707. The van der Waals surface area contributed by atoms with Crippen LogP contribution in [-0.4, -0.2) is 66.1 Å². The molecule has 0 radical (unpaired) electrons. The van der Waals surface area contributed by atoms with Crippen molar-refractivity contribution in [3.05, 3.63) is 29.0 Å². The molecular weight excluding hydrogens is 361 g/mol. The summed E-state index contributed by atoms with van der Waals surface area (Å²) >= 11 is 5.70. The summed E-state index contributed by atoms with van der Waals surface area (Å²) in [6.45, 7) is 1.68. The van der Waals surface area contributed by atoms with Crippen molar-refractivity contribution in [3.8, 4) is 0 Å². The number of halogens is 2. The van der Waals surface area contributed by atoms with E-state index in [1.807, 2.05) is 4.90 Å². The number of piperidine rings is 2. The Morgan fingerprint density at radius 2 is 2.12 bits per heavy atom. The minimum absolute atomic E-state index is 0.0788. The number of hydrogen-bond acceptors (Lipinski definition) is 4. The molecule has 26 heavy (non-hydrogen) atoms. The lowest BCUT2D eigenvalue weighted by atomic mass is 9.71. The fraction of sp³-hybridized carbons (Fsp3) is 0.556. The molecule has 0 saturated carbocycles. The van der Waals surface area contributed by atoms with Crippen LogP contribution in [0, 0.1) is 11.2 Å². The first-order chi connectivity index (χ1) is 12.3. The van der Waals surface area contributed by atoms with E-state index in [0.29, 0.717) is 38.9 Å². The zero-order valence-electron chi connectivity index (χ0n) is 14.7. The lowest BCUT2D eigenvalue weighted by molar-refractivity contribution is -0.154. The van der Waals surface area contributed by atoms with Gasteiger partial charge in [0.2, 0.25) is 11.8 Å². The maximum absolute atomic E-state index is 13.8. The van der Waals surface area contributed by atoms with Crippen LogP contribution in [-0.2, 0) is 9.59 Å². The van der Waals surface area contributed by atoms with Gasteiger partial charge >= 0.3 is 0 Å². The standard InChI is InChI=1S/C18H23ClFN3O3/c1-22-10-13(24)9-18(17(22)26)4-6-23(7-5-18)11-16(25)21-15-3-2-12(19)8-14(15)20/h2-3,8,13,24H,4-7,9-11H2,1H3,(H,21,25). The number of nitrogens with one attached hydrogen (secondary N) is 1. The summed E-state index contributed by atoms with van der Waals surface area (Å²) in [7, 11) is 1.72. The Kier molecular flexibility index (Phi) is 5.50. The fourth-order valence-electron chi connectivity index (χ4n) is 3.95. The van der Waals surface area contributed by atoms with E-state index in [1.54, 1.807) is 11.9 Å². The first kappa shape index (κ1) is 19.1. The van der Waals surface area contributed by atoms with Gasteiger partial charge in [0.05, 0.1) is 23.8 Å². The zero-order valence-corrected chi connectivity index (χ0v) is 15.4. The Labute approximate surface area is 156 Å². The largest absolute Gasteiger partial charge is 0.391 e. The molecule has 2 aliphatic heterocycles. The summed E-state index contributed by atoms with van der Waals surface area (Å²) in [4.78, 5) is 28.3. The van der Waals surface area contributed by atoms with Crippen molar-refractivity contribution in [2.75, 3.05) is 38.5 Å². The Balaban J connectivity index is 1.55. The van der Waals surface area contributed by atoms with Crippen LogP contribution >= 0.6 is 11.6 Å². The van der Waals surface area contributed by atoms with Gasteiger partial charge in [-0.2, -0.15) is 0 Å². The molecule has 3 rings (SSSR count). The predicted molar refractivity (Wildman–Crippen MR) is 96.4 cm³/mol. The topological polar surface area (TPSA) is 72.9 Å². The number of hydrogen-bond donors (Lipinski definition) is 2. The van der Waals surface area contributed by atoms with E-state index >= 15 is 0 Å². The Hall–Kier alpha value is -1.70. The average molecular weight is 384 g/mol. The Morgan fingerprint density at radius 1 is 1.42 bits per heavy atom. The van der Waals surface area contributed by atoms with Gasteiger partial charge in [-0.3, -0.25) is 14.5 Å². The predicted octanol–water partition coefficient (Wildman–Crippen LogP) is 1.72. The summed E-state index contributed by atoms with van der Waals surface area (Å²) in [5.41, 5.74) is -0.429. The first-order valence-electron chi connectivity index (χ1n) is 8.70. The van der Waals surface area contributed by atoms with Crippen molar-refractivity contribution in [1.82, 2.24) is 9.80 Å². The van der Waals surface area contributed by atoms with E-state index < -0.39 is 17.3 Å². The molecule has 1 atom stereocenters. The van der Waals surface area contributed by atoms with Crippen LogP contribution in [0.25, 0.3) is 0 Å².